The van der Waals surface area contributed by atoms with Gasteiger partial charge in [0.1, 0.15) is 11.8 Å². The van der Waals surface area contributed by atoms with Crippen LogP contribution < -0.4 is 4.74 Å². The first-order chi connectivity index (χ1) is 9.67. The van der Waals surface area contributed by atoms with Crippen molar-refractivity contribution >= 4 is 0 Å². The van der Waals surface area contributed by atoms with E-state index in [-0.39, 0.29) is 0 Å². The molecule has 1 saturated heterocycles. The van der Waals surface area contributed by atoms with E-state index in [1.807, 2.05) is 18.2 Å². The predicted octanol–water partition coefficient (Wildman–Crippen LogP) is 2.42. The molecule has 0 spiro atoms. The van der Waals surface area contributed by atoms with Gasteiger partial charge in [0, 0.05) is 20.2 Å². The zero-order chi connectivity index (χ0) is 14.5. The molecule has 0 radical (unpaired) electrons. The second-order valence-corrected chi connectivity index (χ2v) is 5.42. The summed E-state index contributed by atoms with van der Waals surface area (Å²) in [6, 6.07) is 7.93. The molecule has 0 N–H and O–H groups in total. The van der Waals surface area contributed by atoms with Crippen LogP contribution in [0.1, 0.15) is 24.5 Å². The molecule has 2 rings (SSSR count). The Morgan fingerprint density at radius 2 is 2.20 bits per heavy atom. The van der Waals surface area contributed by atoms with Crippen LogP contribution in [0, 0.1) is 17.2 Å². The van der Waals surface area contributed by atoms with Crippen LogP contribution in [-0.2, 0) is 11.3 Å². The molecular formula is C16H22N2O2. The van der Waals surface area contributed by atoms with Crippen molar-refractivity contribution in [3.63, 3.8) is 0 Å². The number of rotatable bonds is 4. The Bertz CT molecular complexity index is 496. The largest absolute Gasteiger partial charge is 0.495 e. The summed E-state index contributed by atoms with van der Waals surface area (Å²) in [7, 11) is 3.39. The fraction of sp³-hybridized carbons (Fsp3) is 0.562. The van der Waals surface area contributed by atoms with Gasteiger partial charge in [0.15, 0.2) is 0 Å². The number of hydrogen-bond donors (Lipinski definition) is 0. The first-order valence-corrected chi connectivity index (χ1v) is 7.00. The maximum absolute atomic E-state index is 9.00. The zero-order valence-corrected chi connectivity index (χ0v) is 12.4. The fourth-order valence-electron chi connectivity index (χ4n) is 2.73. The van der Waals surface area contributed by atoms with Crippen molar-refractivity contribution in [3.05, 3.63) is 29.3 Å². The van der Waals surface area contributed by atoms with Gasteiger partial charge in [0.05, 0.1) is 18.8 Å². The van der Waals surface area contributed by atoms with Crippen molar-refractivity contribution in [1.82, 2.24) is 4.90 Å². The lowest BCUT2D eigenvalue weighted by Crippen LogP contribution is -2.43. The van der Waals surface area contributed by atoms with Gasteiger partial charge in [-0.2, -0.15) is 5.26 Å². The zero-order valence-electron chi connectivity index (χ0n) is 12.4. The molecule has 108 valence electrons. The molecule has 1 heterocycles. The Morgan fingerprint density at radius 1 is 1.40 bits per heavy atom. The minimum absolute atomic E-state index is 0.309. The maximum Gasteiger partial charge on any atom is 0.136 e. The molecule has 1 aliphatic rings. The lowest BCUT2D eigenvalue weighted by Gasteiger charge is -2.36. The van der Waals surface area contributed by atoms with Gasteiger partial charge in [-0.15, -0.1) is 0 Å². The lowest BCUT2D eigenvalue weighted by molar-refractivity contribution is -0.00746. The molecule has 0 aliphatic carbocycles. The number of ether oxygens (including phenoxy) is 2. The normalized spacial score (nSPS) is 23.3. The summed E-state index contributed by atoms with van der Waals surface area (Å²) in [5, 5.41) is 9.00. The van der Waals surface area contributed by atoms with Crippen LogP contribution in [0.2, 0.25) is 0 Å². The second kappa shape index (κ2) is 6.74. The number of nitriles is 1. The summed E-state index contributed by atoms with van der Waals surface area (Å²) < 4.78 is 10.8. The fourth-order valence-corrected chi connectivity index (χ4v) is 2.73. The van der Waals surface area contributed by atoms with E-state index in [0.29, 0.717) is 23.3 Å². The average Bonchev–Trinajstić information content (AvgIpc) is 2.49. The van der Waals surface area contributed by atoms with Gasteiger partial charge in [0.25, 0.3) is 0 Å². The van der Waals surface area contributed by atoms with E-state index in [1.165, 1.54) is 5.56 Å². The van der Waals surface area contributed by atoms with Gasteiger partial charge < -0.3 is 9.47 Å². The van der Waals surface area contributed by atoms with Crippen LogP contribution in [0.15, 0.2) is 18.2 Å². The van der Waals surface area contributed by atoms with Crippen LogP contribution in [0.4, 0.5) is 0 Å². The molecule has 0 amide bonds. The topological polar surface area (TPSA) is 45.5 Å². The van der Waals surface area contributed by atoms with Crippen LogP contribution in [0.25, 0.3) is 0 Å². The number of methoxy groups -OCH3 is 2. The molecule has 1 fully saturated rings. The molecule has 1 aromatic rings. The average molecular weight is 274 g/mol. The molecule has 0 bridgehead atoms. The van der Waals surface area contributed by atoms with Gasteiger partial charge in [-0.1, -0.05) is 13.0 Å². The van der Waals surface area contributed by atoms with Crippen molar-refractivity contribution in [2.75, 3.05) is 27.3 Å². The Balaban J connectivity index is 2.05. The Labute approximate surface area is 120 Å². The lowest BCUT2D eigenvalue weighted by atomic mass is 9.95. The first-order valence-electron chi connectivity index (χ1n) is 7.00. The van der Waals surface area contributed by atoms with Crippen LogP contribution in [-0.4, -0.2) is 38.3 Å². The molecule has 4 heteroatoms. The van der Waals surface area contributed by atoms with Crippen molar-refractivity contribution in [3.8, 4) is 11.8 Å². The third-order valence-electron chi connectivity index (χ3n) is 4.07. The Morgan fingerprint density at radius 3 is 2.85 bits per heavy atom. The molecule has 20 heavy (non-hydrogen) atoms. The molecular weight excluding hydrogens is 252 g/mol. The van der Waals surface area contributed by atoms with Gasteiger partial charge in [-0.3, -0.25) is 4.90 Å². The monoisotopic (exact) mass is 274 g/mol. The van der Waals surface area contributed by atoms with Gasteiger partial charge in [-0.25, -0.2) is 0 Å². The molecule has 1 aliphatic heterocycles. The summed E-state index contributed by atoms with van der Waals surface area (Å²) >= 11 is 0. The van der Waals surface area contributed by atoms with Crippen molar-refractivity contribution in [2.45, 2.75) is 26.0 Å². The van der Waals surface area contributed by atoms with Crippen LogP contribution >= 0.6 is 0 Å². The van der Waals surface area contributed by atoms with E-state index in [2.05, 4.69) is 17.9 Å². The maximum atomic E-state index is 9.00. The summed E-state index contributed by atoms with van der Waals surface area (Å²) in [5.74, 6) is 1.27. The summed E-state index contributed by atoms with van der Waals surface area (Å²) in [6.07, 6.45) is 1.47. The third kappa shape index (κ3) is 3.30. The highest BCUT2D eigenvalue weighted by molar-refractivity contribution is 5.45. The molecule has 2 unspecified atom stereocenters. The van der Waals surface area contributed by atoms with E-state index in [9.17, 15) is 0 Å². The molecule has 0 saturated carbocycles. The Kier molecular flexibility index (Phi) is 4.99. The van der Waals surface area contributed by atoms with Crippen molar-refractivity contribution in [2.24, 2.45) is 5.92 Å². The summed E-state index contributed by atoms with van der Waals surface area (Å²) in [6.45, 7) is 5.16. The standard InChI is InChI=1S/C16H22N2O2/c1-12-6-7-18(11-16(12)20-3)10-13-4-5-14(9-17)15(8-13)19-2/h4-5,8,12,16H,6-7,10-11H2,1-3H3. The number of hydrogen-bond acceptors (Lipinski definition) is 4. The first kappa shape index (κ1) is 14.8. The van der Waals surface area contributed by atoms with E-state index in [1.54, 1.807) is 14.2 Å². The van der Waals surface area contributed by atoms with E-state index in [0.717, 1.165) is 26.1 Å². The summed E-state index contributed by atoms with van der Waals surface area (Å²) in [4.78, 5) is 2.40. The molecule has 4 nitrogen and oxygen atoms in total. The van der Waals surface area contributed by atoms with Crippen molar-refractivity contribution in [1.29, 1.82) is 5.26 Å². The molecule has 2 atom stereocenters. The molecule has 0 aromatic heterocycles. The van der Waals surface area contributed by atoms with Gasteiger partial charge in [-0.05, 0) is 36.6 Å². The van der Waals surface area contributed by atoms with Crippen LogP contribution in [0.3, 0.4) is 0 Å². The van der Waals surface area contributed by atoms with Gasteiger partial charge >= 0.3 is 0 Å². The smallest absolute Gasteiger partial charge is 0.136 e. The van der Waals surface area contributed by atoms with E-state index in [4.69, 9.17) is 14.7 Å². The number of likely N-dealkylation sites (tertiary alicyclic amines) is 1. The Hall–Kier alpha value is -1.57. The van der Waals surface area contributed by atoms with E-state index < -0.39 is 0 Å². The number of benzene rings is 1. The van der Waals surface area contributed by atoms with E-state index >= 15 is 0 Å². The summed E-state index contributed by atoms with van der Waals surface area (Å²) in [5.41, 5.74) is 1.75. The van der Waals surface area contributed by atoms with Crippen LogP contribution in [0.5, 0.6) is 5.75 Å². The highest BCUT2D eigenvalue weighted by atomic mass is 16.5. The third-order valence-corrected chi connectivity index (χ3v) is 4.07. The highest BCUT2D eigenvalue weighted by Crippen LogP contribution is 2.24. The SMILES string of the molecule is COc1cc(CN2CCC(C)C(OC)C2)ccc1C#N. The number of piperidine rings is 1. The van der Waals surface area contributed by atoms with Gasteiger partial charge in [0.2, 0.25) is 0 Å². The van der Waals surface area contributed by atoms with Crippen molar-refractivity contribution < 1.29 is 9.47 Å². The minimum Gasteiger partial charge on any atom is -0.495 e. The number of nitrogens with zero attached hydrogens (tertiary/aromatic N) is 2. The second-order valence-electron chi connectivity index (χ2n) is 5.42. The quantitative estimate of drug-likeness (QED) is 0.846. The highest BCUT2D eigenvalue weighted by Gasteiger charge is 2.25. The minimum atomic E-state index is 0.309. The molecule has 1 aromatic carbocycles. The predicted molar refractivity (Wildman–Crippen MR) is 77.6 cm³/mol.